The summed E-state index contributed by atoms with van der Waals surface area (Å²) in [6, 6.07) is 3.70. The molecule has 2 heterocycles. The van der Waals surface area contributed by atoms with Crippen LogP contribution in [0.3, 0.4) is 0 Å². The molecule has 0 radical (unpaired) electrons. The van der Waals surface area contributed by atoms with Crippen molar-refractivity contribution in [1.82, 2.24) is 15.0 Å². The molecule has 0 fully saturated rings. The predicted molar refractivity (Wildman–Crippen MR) is 99.5 cm³/mol. The lowest BCUT2D eigenvalue weighted by molar-refractivity contribution is -0.277. The molecule has 1 atom stereocenters. The van der Waals surface area contributed by atoms with Crippen molar-refractivity contribution in [1.29, 1.82) is 0 Å². The molecule has 3 aromatic rings. The zero-order valence-corrected chi connectivity index (χ0v) is 15.8. The number of nitrogens with two attached hydrogens (primary N) is 1. The Balaban J connectivity index is 2.15. The smallest absolute Gasteiger partial charge is 0.393 e. The first-order chi connectivity index (χ1) is 13.1. The molecule has 6 nitrogen and oxygen atoms in total. The summed E-state index contributed by atoms with van der Waals surface area (Å²) in [7, 11) is 0. The second-order valence-corrected chi connectivity index (χ2v) is 7.51. The molecule has 0 aliphatic heterocycles. The molecule has 148 valence electrons. The van der Waals surface area contributed by atoms with Gasteiger partial charge in [-0.1, -0.05) is 12.1 Å². The first-order valence-electron chi connectivity index (χ1n) is 8.13. The van der Waals surface area contributed by atoms with Gasteiger partial charge >= 0.3 is 6.18 Å². The van der Waals surface area contributed by atoms with E-state index < -0.39 is 23.9 Å². The van der Waals surface area contributed by atoms with Gasteiger partial charge < -0.3 is 15.9 Å². The summed E-state index contributed by atoms with van der Waals surface area (Å²) in [5.74, 6) is 0.170. The maximum Gasteiger partial charge on any atom is 0.423 e. The molecule has 0 bridgehead atoms. The van der Waals surface area contributed by atoms with Gasteiger partial charge in [0.25, 0.3) is 0 Å². The van der Waals surface area contributed by atoms with Crippen LogP contribution in [0.25, 0.3) is 21.8 Å². The minimum absolute atomic E-state index is 0.170. The molecular weight excluding hydrogens is 393 g/mol. The Morgan fingerprint density at radius 2 is 1.86 bits per heavy atom. The zero-order chi connectivity index (χ0) is 20.7. The number of halogens is 3. The SMILES string of the molecule is Cc1ncc(-c2nc(-c3cc([C@](O)(CO)C(F)(F)F)ccc3C)cnc2N)s1. The van der Waals surface area contributed by atoms with E-state index in [0.717, 1.165) is 17.1 Å². The van der Waals surface area contributed by atoms with Crippen molar-refractivity contribution in [3.63, 3.8) is 0 Å². The molecule has 10 heteroatoms. The van der Waals surface area contributed by atoms with E-state index in [1.807, 2.05) is 6.92 Å². The predicted octanol–water partition coefficient (Wildman–Crippen LogP) is 3.21. The number of nitrogen functional groups attached to an aromatic ring is 1. The third kappa shape index (κ3) is 3.46. The summed E-state index contributed by atoms with van der Waals surface area (Å²) < 4.78 is 39.9. The summed E-state index contributed by atoms with van der Waals surface area (Å²) in [6.07, 6.45) is -2.10. The highest BCUT2D eigenvalue weighted by Crippen LogP contribution is 2.40. The first kappa shape index (κ1) is 20.2. The largest absolute Gasteiger partial charge is 0.423 e. The minimum atomic E-state index is -5.05. The van der Waals surface area contributed by atoms with Gasteiger partial charge in [-0.2, -0.15) is 13.2 Å². The number of benzene rings is 1. The molecule has 1 aromatic carbocycles. The second kappa shape index (κ2) is 7.12. The Morgan fingerprint density at radius 1 is 1.14 bits per heavy atom. The number of aromatic nitrogens is 3. The number of nitrogens with zero attached hydrogens (tertiary/aromatic N) is 3. The van der Waals surface area contributed by atoms with E-state index in [4.69, 9.17) is 5.73 Å². The number of aliphatic hydroxyl groups excluding tert-OH is 1. The quantitative estimate of drug-likeness (QED) is 0.610. The topological polar surface area (TPSA) is 105 Å². The molecule has 28 heavy (non-hydrogen) atoms. The van der Waals surface area contributed by atoms with Crippen molar-refractivity contribution in [3.05, 3.63) is 46.7 Å². The maximum atomic E-state index is 13.3. The number of alkyl halides is 3. The molecule has 2 aromatic heterocycles. The molecule has 4 N–H and O–H groups in total. The fourth-order valence-electron chi connectivity index (χ4n) is 2.68. The van der Waals surface area contributed by atoms with Crippen LogP contribution < -0.4 is 5.73 Å². The molecule has 0 aliphatic rings. The lowest BCUT2D eigenvalue weighted by Gasteiger charge is -2.29. The Kier molecular flexibility index (Phi) is 5.13. The van der Waals surface area contributed by atoms with E-state index in [0.29, 0.717) is 21.7 Å². The zero-order valence-electron chi connectivity index (χ0n) is 14.9. The van der Waals surface area contributed by atoms with E-state index in [1.54, 1.807) is 13.1 Å². The van der Waals surface area contributed by atoms with Crippen molar-refractivity contribution in [2.45, 2.75) is 25.6 Å². The van der Waals surface area contributed by atoms with Crippen LogP contribution in [0.4, 0.5) is 19.0 Å². The molecule has 0 amide bonds. The molecule has 0 saturated carbocycles. The van der Waals surface area contributed by atoms with Crippen molar-refractivity contribution >= 4 is 17.2 Å². The Morgan fingerprint density at radius 3 is 2.43 bits per heavy atom. The molecule has 3 rings (SSSR count). The fraction of sp³-hybridized carbons (Fsp3) is 0.278. The van der Waals surface area contributed by atoms with E-state index in [9.17, 15) is 23.4 Å². The van der Waals surface area contributed by atoms with Crippen molar-refractivity contribution in [2.24, 2.45) is 0 Å². The van der Waals surface area contributed by atoms with Gasteiger partial charge in [-0.15, -0.1) is 11.3 Å². The highest BCUT2D eigenvalue weighted by molar-refractivity contribution is 7.15. The summed E-state index contributed by atoms with van der Waals surface area (Å²) >= 11 is 1.36. The van der Waals surface area contributed by atoms with Gasteiger partial charge in [0.15, 0.2) is 5.82 Å². The molecule has 0 unspecified atom stereocenters. The van der Waals surface area contributed by atoms with Crippen LogP contribution in [0.5, 0.6) is 0 Å². The van der Waals surface area contributed by atoms with Crippen LogP contribution in [0.2, 0.25) is 0 Å². The summed E-state index contributed by atoms with van der Waals surface area (Å²) in [6.45, 7) is 2.01. The Labute approximate surface area is 162 Å². The Hall–Kier alpha value is -2.56. The third-order valence-corrected chi connectivity index (χ3v) is 5.26. The normalized spacial score (nSPS) is 14.1. The number of anilines is 1. The lowest BCUT2D eigenvalue weighted by atomic mass is 9.90. The van der Waals surface area contributed by atoms with Crippen LogP contribution in [0.1, 0.15) is 16.1 Å². The van der Waals surface area contributed by atoms with Gasteiger partial charge in [0.1, 0.15) is 5.69 Å². The highest BCUT2D eigenvalue weighted by Gasteiger charge is 2.54. The summed E-state index contributed by atoms with van der Waals surface area (Å²) in [5.41, 5.74) is 3.66. The number of hydrogen-bond acceptors (Lipinski definition) is 7. The average molecular weight is 410 g/mol. The number of rotatable bonds is 4. The van der Waals surface area contributed by atoms with Gasteiger partial charge in [-0.3, -0.25) is 0 Å². The van der Waals surface area contributed by atoms with Gasteiger partial charge in [0.2, 0.25) is 5.60 Å². The van der Waals surface area contributed by atoms with E-state index >= 15 is 0 Å². The summed E-state index contributed by atoms with van der Waals surface area (Å²) in [4.78, 5) is 13.4. The lowest BCUT2D eigenvalue weighted by Crippen LogP contribution is -2.45. The van der Waals surface area contributed by atoms with Gasteiger partial charge in [0, 0.05) is 11.8 Å². The summed E-state index contributed by atoms with van der Waals surface area (Å²) in [5, 5.41) is 20.1. The number of thiazole rings is 1. The van der Waals surface area contributed by atoms with Crippen LogP contribution in [-0.4, -0.2) is 37.9 Å². The van der Waals surface area contributed by atoms with Crippen molar-refractivity contribution in [2.75, 3.05) is 12.3 Å². The maximum absolute atomic E-state index is 13.3. The number of hydrogen-bond donors (Lipinski definition) is 3. The first-order valence-corrected chi connectivity index (χ1v) is 8.95. The number of aryl methyl sites for hydroxylation is 2. The van der Waals surface area contributed by atoms with Gasteiger partial charge in [0.05, 0.1) is 28.4 Å². The van der Waals surface area contributed by atoms with Crippen molar-refractivity contribution in [3.8, 4) is 21.8 Å². The van der Waals surface area contributed by atoms with Crippen LogP contribution in [0, 0.1) is 13.8 Å². The van der Waals surface area contributed by atoms with E-state index in [-0.39, 0.29) is 11.5 Å². The molecule has 0 spiro atoms. The monoisotopic (exact) mass is 410 g/mol. The number of aliphatic hydroxyl groups is 2. The minimum Gasteiger partial charge on any atom is -0.393 e. The molecular formula is C18H17F3N4O2S. The second-order valence-electron chi connectivity index (χ2n) is 6.28. The van der Waals surface area contributed by atoms with E-state index in [1.165, 1.54) is 23.6 Å². The average Bonchev–Trinajstić information content (AvgIpc) is 3.07. The van der Waals surface area contributed by atoms with Gasteiger partial charge in [-0.05, 0) is 31.0 Å². The molecule has 0 aliphatic carbocycles. The van der Waals surface area contributed by atoms with Crippen LogP contribution in [0.15, 0.2) is 30.6 Å². The standard InChI is InChI=1S/C18H17F3N4O2S/c1-9-3-4-11(17(27,8-26)18(19,20)21)5-12(9)13-6-24-16(22)15(25-13)14-7-23-10(2)28-14/h3-7,26-27H,8H2,1-2H3,(H2,22,24)/t17-/m1/s1. The Bertz CT molecular complexity index is 1020. The van der Waals surface area contributed by atoms with Crippen molar-refractivity contribution < 1.29 is 23.4 Å². The van der Waals surface area contributed by atoms with Gasteiger partial charge in [-0.25, -0.2) is 15.0 Å². The van der Waals surface area contributed by atoms with Crippen LogP contribution in [-0.2, 0) is 5.60 Å². The third-order valence-electron chi connectivity index (χ3n) is 4.34. The fourth-order valence-corrected chi connectivity index (χ4v) is 3.46. The highest BCUT2D eigenvalue weighted by atomic mass is 32.1. The van der Waals surface area contributed by atoms with E-state index in [2.05, 4.69) is 15.0 Å². The van der Waals surface area contributed by atoms with Crippen LogP contribution >= 0.6 is 11.3 Å². The molecule has 0 saturated heterocycles.